The summed E-state index contributed by atoms with van der Waals surface area (Å²) in [5, 5.41) is 27.5. The SMILES string of the molecule is CN(C)c1ccc(N2C(=S)N[C@H]3[C@@H](O)[C@H](O)C[C@@H](C(=O)NC4CC4)[C@H]32)cc1. The average molecular weight is 391 g/mol. The van der Waals surface area contributed by atoms with Gasteiger partial charge < -0.3 is 30.6 Å². The minimum absolute atomic E-state index is 0.0696. The van der Waals surface area contributed by atoms with Crippen LogP contribution < -0.4 is 20.4 Å². The Hall–Kier alpha value is -1.90. The van der Waals surface area contributed by atoms with Gasteiger partial charge in [0.05, 0.1) is 24.1 Å². The van der Waals surface area contributed by atoms with Gasteiger partial charge in [0.1, 0.15) is 6.10 Å². The Balaban J connectivity index is 1.65. The zero-order chi connectivity index (χ0) is 19.3. The van der Waals surface area contributed by atoms with E-state index >= 15 is 0 Å². The van der Waals surface area contributed by atoms with Gasteiger partial charge >= 0.3 is 0 Å². The van der Waals surface area contributed by atoms with Crippen LogP contribution in [0.5, 0.6) is 0 Å². The molecule has 2 saturated carbocycles. The molecule has 3 fully saturated rings. The Bertz CT molecular complexity index is 737. The van der Waals surface area contributed by atoms with E-state index in [9.17, 15) is 15.0 Å². The third-order valence-electron chi connectivity index (χ3n) is 5.75. The molecular formula is C19H26N4O3S. The number of carbonyl (C=O) groups excluding carboxylic acids is 1. The number of fused-ring (bicyclic) bond motifs is 1. The van der Waals surface area contributed by atoms with E-state index in [-0.39, 0.29) is 24.4 Å². The summed E-state index contributed by atoms with van der Waals surface area (Å²) in [7, 11) is 3.95. The fraction of sp³-hybridized carbons (Fsp3) is 0.579. The molecular weight excluding hydrogens is 364 g/mol. The molecule has 1 saturated heterocycles. The Morgan fingerprint density at radius 2 is 1.93 bits per heavy atom. The van der Waals surface area contributed by atoms with Crippen molar-refractivity contribution in [3.05, 3.63) is 24.3 Å². The van der Waals surface area contributed by atoms with Crippen LogP contribution in [0.1, 0.15) is 19.3 Å². The van der Waals surface area contributed by atoms with E-state index in [4.69, 9.17) is 12.2 Å². The molecule has 7 nitrogen and oxygen atoms in total. The molecule has 3 aliphatic rings. The number of aliphatic hydroxyl groups excluding tert-OH is 2. The van der Waals surface area contributed by atoms with E-state index < -0.39 is 24.2 Å². The van der Waals surface area contributed by atoms with E-state index in [0.29, 0.717) is 5.11 Å². The average Bonchev–Trinajstić information content (AvgIpc) is 3.38. The van der Waals surface area contributed by atoms with Gasteiger partial charge in [-0.2, -0.15) is 0 Å². The number of amides is 1. The van der Waals surface area contributed by atoms with E-state index in [2.05, 4.69) is 10.6 Å². The maximum atomic E-state index is 12.9. The van der Waals surface area contributed by atoms with Crippen molar-refractivity contribution in [1.29, 1.82) is 0 Å². The highest BCUT2D eigenvalue weighted by molar-refractivity contribution is 7.80. The highest BCUT2D eigenvalue weighted by Crippen LogP contribution is 2.37. The first kappa shape index (κ1) is 18.5. The van der Waals surface area contributed by atoms with E-state index in [1.165, 1.54) is 0 Å². The number of nitrogens with zero attached hydrogens (tertiary/aromatic N) is 2. The Labute approximate surface area is 164 Å². The maximum Gasteiger partial charge on any atom is 0.225 e. The van der Waals surface area contributed by atoms with Crippen LogP contribution in [-0.4, -0.2) is 65.7 Å². The van der Waals surface area contributed by atoms with Gasteiger partial charge in [-0.05, 0) is 55.7 Å². The summed E-state index contributed by atoms with van der Waals surface area (Å²) in [4.78, 5) is 16.8. The number of hydrogen-bond acceptors (Lipinski definition) is 5. The lowest BCUT2D eigenvalue weighted by Gasteiger charge is -2.41. The van der Waals surface area contributed by atoms with Crippen LogP contribution in [0.4, 0.5) is 11.4 Å². The zero-order valence-corrected chi connectivity index (χ0v) is 16.3. The van der Waals surface area contributed by atoms with Crippen molar-refractivity contribution >= 4 is 34.6 Å². The van der Waals surface area contributed by atoms with Crippen molar-refractivity contribution in [2.75, 3.05) is 23.9 Å². The second-order valence-electron chi connectivity index (χ2n) is 7.93. The second-order valence-corrected chi connectivity index (χ2v) is 8.32. The van der Waals surface area contributed by atoms with Gasteiger partial charge in [-0.1, -0.05) is 0 Å². The summed E-state index contributed by atoms with van der Waals surface area (Å²) < 4.78 is 0. The topological polar surface area (TPSA) is 88.1 Å². The number of nitrogens with one attached hydrogen (secondary N) is 2. The molecule has 4 N–H and O–H groups in total. The summed E-state index contributed by atoms with van der Waals surface area (Å²) in [5.41, 5.74) is 1.94. The van der Waals surface area contributed by atoms with Gasteiger partial charge in [-0.25, -0.2) is 0 Å². The van der Waals surface area contributed by atoms with Crippen molar-refractivity contribution in [2.24, 2.45) is 5.92 Å². The summed E-state index contributed by atoms with van der Waals surface area (Å²) in [5.74, 6) is -0.518. The molecule has 0 spiro atoms. The lowest BCUT2D eigenvalue weighted by atomic mass is 9.77. The summed E-state index contributed by atoms with van der Waals surface area (Å²) in [6.45, 7) is 0. The monoisotopic (exact) mass is 390 g/mol. The summed E-state index contributed by atoms with van der Waals surface area (Å²) >= 11 is 5.53. The minimum atomic E-state index is -0.969. The third-order valence-corrected chi connectivity index (χ3v) is 6.06. The van der Waals surface area contributed by atoms with Crippen LogP contribution in [0.25, 0.3) is 0 Å². The van der Waals surface area contributed by atoms with Gasteiger partial charge in [0.2, 0.25) is 5.91 Å². The molecule has 1 amide bonds. The molecule has 8 heteroatoms. The van der Waals surface area contributed by atoms with Crippen molar-refractivity contribution in [3.8, 4) is 0 Å². The number of aliphatic hydroxyl groups is 2. The molecule has 146 valence electrons. The van der Waals surface area contributed by atoms with Crippen LogP contribution in [0.15, 0.2) is 24.3 Å². The molecule has 0 unspecified atom stereocenters. The summed E-state index contributed by atoms with van der Waals surface area (Å²) in [6.07, 6.45) is 0.308. The number of benzene rings is 1. The molecule has 4 rings (SSSR count). The van der Waals surface area contributed by atoms with Crippen molar-refractivity contribution in [1.82, 2.24) is 10.6 Å². The molecule has 1 aromatic rings. The van der Waals surface area contributed by atoms with Crippen LogP contribution >= 0.6 is 12.2 Å². The standard InChI is InChI=1S/C19H26N4O3S/c1-22(2)11-5-7-12(8-6-11)23-16-13(18(26)20-10-3-4-10)9-14(24)17(25)15(16)21-19(23)27/h5-8,10,13-17,24-25H,3-4,9H2,1-2H3,(H,20,26)(H,21,27)/t13-,14-,15-,16-,17+/m1/s1. The fourth-order valence-electron chi connectivity index (χ4n) is 4.09. The fourth-order valence-corrected chi connectivity index (χ4v) is 4.45. The first-order valence-corrected chi connectivity index (χ1v) is 9.81. The normalized spacial score (nSPS) is 32.7. The molecule has 2 aliphatic carbocycles. The molecule has 0 radical (unpaired) electrons. The molecule has 0 bridgehead atoms. The van der Waals surface area contributed by atoms with Crippen molar-refractivity contribution < 1.29 is 15.0 Å². The Kier molecular flexibility index (Phi) is 4.73. The molecule has 1 aliphatic heterocycles. The lowest BCUT2D eigenvalue weighted by Crippen LogP contribution is -2.61. The Morgan fingerprint density at radius 1 is 1.26 bits per heavy atom. The summed E-state index contributed by atoms with van der Waals surface area (Å²) in [6, 6.07) is 7.37. The highest BCUT2D eigenvalue weighted by Gasteiger charge is 2.54. The number of carbonyl (C=O) groups is 1. The van der Waals surface area contributed by atoms with Crippen molar-refractivity contribution in [2.45, 2.75) is 49.6 Å². The van der Waals surface area contributed by atoms with Crippen LogP contribution in [0.2, 0.25) is 0 Å². The van der Waals surface area contributed by atoms with Crippen molar-refractivity contribution in [3.63, 3.8) is 0 Å². The lowest BCUT2D eigenvalue weighted by molar-refractivity contribution is -0.131. The predicted molar refractivity (Wildman–Crippen MR) is 108 cm³/mol. The van der Waals surface area contributed by atoms with Gasteiger partial charge in [-0.3, -0.25) is 4.79 Å². The van der Waals surface area contributed by atoms with E-state index in [1.54, 1.807) is 0 Å². The van der Waals surface area contributed by atoms with E-state index in [1.807, 2.05) is 48.2 Å². The minimum Gasteiger partial charge on any atom is -0.390 e. The number of thiocarbonyl (C=S) groups is 1. The first-order valence-electron chi connectivity index (χ1n) is 9.40. The maximum absolute atomic E-state index is 12.9. The van der Waals surface area contributed by atoms with Crippen LogP contribution in [-0.2, 0) is 4.79 Å². The molecule has 27 heavy (non-hydrogen) atoms. The number of hydrogen-bond donors (Lipinski definition) is 4. The van der Waals surface area contributed by atoms with E-state index in [0.717, 1.165) is 24.2 Å². The quantitative estimate of drug-likeness (QED) is 0.547. The van der Waals surface area contributed by atoms with Crippen LogP contribution in [0.3, 0.4) is 0 Å². The Morgan fingerprint density at radius 3 is 2.52 bits per heavy atom. The zero-order valence-electron chi connectivity index (χ0n) is 15.5. The smallest absolute Gasteiger partial charge is 0.225 e. The molecule has 1 heterocycles. The first-order chi connectivity index (χ1) is 12.9. The van der Waals surface area contributed by atoms with Crippen LogP contribution in [0, 0.1) is 5.92 Å². The number of rotatable bonds is 4. The third kappa shape index (κ3) is 3.37. The molecule has 0 aromatic heterocycles. The molecule has 1 aromatic carbocycles. The van der Waals surface area contributed by atoms with Gasteiger partial charge in [0.25, 0.3) is 0 Å². The molecule has 5 atom stereocenters. The van der Waals surface area contributed by atoms with Gasteiger partial charge in [0.15, 0.2) is 5.11 Å². The highest BCUT2D eigenvalue weighted by atomic mass is 32.1. The number of anilines is 2. The largest absolute Gasteiger partial charge is 0.390 e. The second kappa shape index (κ2) is 6.92. The predicted octanol–water partition coefficient (Wildman–Crippen LogP) is 0.205. The van der Waals surface area contributed by atoms with Gasteiger partial charge in [-0.15, -0.1) is 0 Å². The van der Waals surface area contributed by atoms with Gasteiger partial charge in [0, 0.05) is 31.5 Å².